The van der Waals surface area contributed by atoms with Crippen LogP contribution in [0.4, 0.5) is 8.78 Å². The number of hydrogen-bond acceptors (Lipinski definition) is 1. The molecular formula is C14H10F2O2. The molecule has 1 saturated carbocycles. The van der Waals surface area contributed by atoms with Crippen LogP contribution in [0.5, 0.6) is 0 Å². The highest BCUT2D eigenvalue weighted by molar-refractivity contribution is 5.96. The van der Waals surface area contributed by atoms with Gasteiger partial charge in [-0.2, -0.15) is 0 Å². The number of aliphatic carboxylic acids is 1. The third kappa shape index (κ3) is 1.23. The molecule has 2 aromatic rings. The van der Waals surface area contributed by atoms with Crippen molar-refractivity contribution in [3.8, 4) is 0 Å². The molecule has 0 aromatic heterocycles. The summed E-state index contributed by atoms with van der Waals surface area (Å²) in [5.41, 5.74) is -1.84. The molecular weight excluding hydrogens is 238 g/mol. The molecule has 0 saturated heterocycles. The highest BCUT2D eigenvalue weighted by Gasteiger charge is 2.77. The van der Waals surface area contributed by atoms with Gasteiger partial charge in [0.05, 0.1) is 0 Å². The zero-order valence-electron chi connectivity index (χ0n) is 9.36. The summed E-state index contributed by atoms with van der Waals surface area (Å²) in [6.45, 7) is 0. The first-order valence-corrected chi connectivity index (χ1v) is 5.58. The van der Waals surface area contributed by atoms with Gasteiger partial charge in [0, 0.05) is 6.42 Å². The van der Waals surface area contributed by atoms with E-state index in [0.717, 1.165) is 5.39 Å². The molecule has 0 bridgehead atoms. The minimum atomic E-state index is -3.16. The van der Waals surface area contributed by atoms with Crippen molar-refractivity contribution < 1.29 is 18.7 Å². The van der Waals surface area contributed by atoms with E-state index < -0.39 is 23.7 Å². The maximum atomic E-state index is 13.5. The number of rotatable bonds is 2. The predicted octanol–water partition coefficient (Wildman–Crippen LogP) is 3.20. The topological polar surface area (TPSA) is 37.3 Å². The maximum absolute atomic E-state index is 13.5. The number of hydrogen-bond donors (Lipinski definition) is 1. The predicted molar refractivity (Wildman–Crippen MR) is 62.8 cm³/mol. The fraction of sp³-hybridized carbons (Fsp3) is 0.214. The molecule has 0 spiro atoms. The Labute approximate surface area is 102 Å². The van der Waals surface area contributed by atoms with Crippen LogP contribution in [0.2, 0.25) is 0 Å². The van der Waals surface area contributed by atoms with Gasteiger partial charge >= 0.3 is 5.97 Å². The first-order chi connectivity index (χ1) is 8.49. The average Bonchev–Trinajstić information content (AvgIpc) is 2.93. The number of alkyl halides is 2. The molecule has 1 aliphatic rings. The van der Waals surface area contributed by atoms with Crippen LogP contribution < -0.4 is 0 Å². The number of carboxylic acids is 1. The lowest BCUT2D eigenvalue weighted by Gasteiger charge is -2.14. The molecule has 0 heterocycles. The summed E-state index contributed by atoms with van der Waals surface area (Å²) in [6, 6.07) is 11.9. The van der Waals surface area contributed by atoms with Crippen LogP contribution in [0.1, 0.15) is 12.0 Å². The standard InChI is InChI=1S/C14H10F2O2/c15-14(16)8-13(14,12(17)18)11-7-3-5-9-4-1-2-6-10(9)11/h1-7H,8H2,(H,17,18). The van der Waals surface area contributed by atoms with E-state index in [1.807, 2.05) is 0 Å². The molecule has 2 nitrogen and oxygen atoms in total. The Morgan fingerprint density at radius 1 is 1.11 bits per heavy atom. The summed E-state index contributed by atoms with van der Waals surface area (Å²) >= 11 is 0. The zero-order valence-corrected chi connectivity index (χ0v) is 9.36. The van der Waals surface area contributed by atoms with Gasteiger partial charge in [0.2, 0.25) is 0 Å². The molecule has 3 rings (SSSR count). The van der Waals surface area contributed by atoms with E-state index in [0.29, 0.717) is 5.39 Å². The quantitative estimate of drug-likeness (QED) is 0.886. The number of halogens is 2. The molecule has 18 heavy (non-hydrogen) atoms. The van der Waals surface area contributed by atoms with Crippen molar-refractivity contribution in [2.75, 3.05) is 0 Å². The highest BCUT2D eigenvalue weighted by Crippen LogP contribution is 2.62. The van der Waals surface area contributed by atoms with Gasteiger partial charge in [0.15, 0.2) is 5.41 Å². The van der Waals surface area contributed by atoms with Gasteiger partial charge in [-0.3, -0.25) is 4.79 Å². The summed E-state index contributed by atoms with van der Waals surface area (Å²) in [5.74, 6) is -4.62. The lowest BCUT2D eigenvalue weighted by Crippen LogP contribution is -2.27. The molecule has 0 radical (unpaired) electrons. The van der Waals surface area contributed by atoms with E-state index in [-0.39, 0.29) is 5.56 Å². The SMILES string of the molecule is O=C(O)C1(c2cccc3ccccc23)CC1(F)F. The van der Waals surface area contributed by atoms with Crippen LogP contribution in [-0.4, -0.2) is 17.0 Å². The number of carbonyl (C=O) groups is 1. The van der Waals surface area contributed by atoms with E-state index in [1.54, 1.807) is 36.4 Å². The van der Waals surface area contributed by atoms with Crippen LogP contribution in [0.3, 0.4) is 0 Å². The van der Waals surface area contributed by atoms with Crippen LogP contribution in [0.25, 0.3) is 10.8 Å². The van der Waals surface area contributed by atoms with Crippen LogP contribution >= 0.6 is 0 Å². The van der Waals surface area contributed by atoms with Crippen molar-refractivity contribution in [1.82, 2.24) is 0 Å². The van der Waals surface area contributed by atoms with Gasteiger partial charge in [-0.05, 0) is 16.3 Å². The van der Waals surface area contributed by atoms with Crippen molar-refractivity contribution in [2.24, 2.45) is 0 Å². The fourth-order valence-corrected chi connectivity index (χ4v) is 2.53. The van der Waals surface area contributed by atoms with Gasteiger partial charge in [0.1, 0.15) is 0 Å². The maximum Gasteiger partial charge on any atom is 0.320 e. The Kier molecular flexibility index (Phi) is 2.03. The lowest BCUT2D eigenvalue weighted by atomic mass is 9.90. The Bertz CT molecular complexity index is 646. The van der Waals surface area contributed by atoms with E-state index in [9.17, 15) is 18.7 Å². The van der Waals surface area contributed by atoms with Crippen molar-refractivity contribution in [1.29, 1.82) is 0 Å². The largest absolute Gasteiger partial charge is 0.480 e. The molecule has 92 valence electrons. The van der Waals surface area contributed by atoms with E-state index in [4.69, 9.17) is 0 Å². The average molecular weight is 248 g/mol. The van der Waals surface area contributed by atoms with Crippen molar-refractivity contribution >= 4 is 16.7 Å². The van der Waals surface area contributed by atoms with Crippen LogP contribution in [-0.2, 0) is 10.2 Å². The summed E-state index contributed by atoms with van der Waals surface area (Å²) in [5, 5.41) is 10.5. The Hall–Kier alpha value is -1.97. The summed E-state index contributed by atoms with van der Waals surface area (Å²) in [4.78, 5) is 11.3. The van der Waals surface area contributed by atoms with Gasteiger partial charge in [-0.15, -0.1) is 0 Å². The second-order valence-corrected chi connectivity index (χ2v) is 4.62. The number of carboxylic acid groups (broad SMARTS) is 1. The molecule has 0 amide bonds. The van der Waals surface area contributed by atoms with E-state index in [2.05, 4.69) is 0 Å². The summed E-state index contributed by atoms with van der Waals surface area (Å²) in [7, 11) is 0. The third-order valence-electron chi connectivity index (χ3n) is 3.60. The molecule has 1 atom stereocenters. The number of benzene rings is 2. The summed E-state index contributed by atoms with van der Waals surface area (Å²) in [6.07, 6.45) is -0.622. The van der Waals surface area contributed by atoms with Crippen molar-refractivity contribution in [2.45, 2.75) is 17.8 Å². The highest BCUT2D eigenvalue weighted by atomic mass is 19.3. The first kappa shape index (κ1) is 11.1. The van der Waals surface area contributed by atoms with Gasteiger partial charge in [0.25, 0.3) is 5.92 Å². The second kappa shape index (κ2) is 3.28. The Morgan fingerprint density at radius 3 is 2.33 bits per heavy atom. The molecule has 1 unspecified atom stereocenters. The molecule has 1 fully saturated rings. The van der Waals surface area contributed by atoms with Crippen LogP contribution in [0, 0.1) is 0 Å². The zero-order chi connectivity index (χ0) is 13.0. The second-order valence-electron chi connectivity index (χ2n) is 4.62. The minimum Gasteiger partial charge on any atom is -0.480 e. The monoisotopic (exact) mass is 248 g/mol. The normalized spacial score (nSPS) is 25.0. The molecule has 0 aliphatic heterocycles. The van der Waals surface area contributed by atoms with Crippen LogP contribution in [0.15, 0.2) is 42.5 Å². The smallest absolute Gasteiger partial charge is 0.320 e. The third-order valence-corrected chi connectivity index (χ3v) is 3.60. The summed E-state index contributed by atoms with van der Waals surface area (Å²) < 4.78 is 27.1. The van der Waals surface area contributed by atoms with Gasteiger partial charge < -0.3 is 5.11 Å². The lowest BCUT2D eigenvalue weighted by molar-refractivity contribution is -0.142. The molecule has 1 aliphatic carbocycles. The Morgan fingerprint density at radius 2 is 1.72 bits per heavy atom. The van der Waals surface area contributed by atoms with Crippen molar-refractivity contribution in [3.05, 3.63) is 48.0 Å². The Balaban J connectivity index is 2.30. The van der Waals surface area contributed by atoms with Crippen molar-refractivity contribution in [3.63, 3.8) is 0 Å². The first-order valence-electron chi connectivity index (χ1n) is 5.58. The molecule has 1 N–H and O–H groups in total. The minimum absolute atomic E-state index is 0.207. The van der Waals surface area contributed by atoms with E-state index >= 15 is 0 Å². The van der Waals surface area contributed by atoms with Gasteiger partial charge in [-0.25, -0.2) is 8.78 Å². The van der Waals surface area contributed by atoms with Gasteiger partial charge in [-0.1, -0.05) is 42.5 Å². The molecule has 2 aromatic carbocycles. The van der Waals surface area contributed by atoms with E-state index in [1.165, 1.54) is 6.07 Å². The molecule has 4 heteroatoms. The fourth-order valence-electron chi connectivity index (χ4n) is 2.53. The number of fused-ring (bicyclic) bond motifs is 1.